The van der Waals surface area contributed by atoms with Gasteiger partial charge in [0.2, 0.25) is 11.8 Å². The number of fused-ring (bicyclic) bond motifs is 1. The van der Waals surface area contributed by atoms with Crippen LogP contribution < -0.4 is 10.6 Å². The zero-order valence-corrected chi connectivity index (χ0v) is 23.4. The molecule has 9 nitrogen and oxygen atoms in total. The number of hydrogen-bond donors (Lipinski definition) is 2. The third-order valence-electron chi connectivity index (χ3n) is 6.68. The van der Waals surface area contributed by atoms with E-state index in [2.05, 4.69) is 10.6 Å². The number of nitrogens with zero attached hydrogens (tertiary/aromatic N) is 1. The Balaban J connectivity index is 1.37. The number of hydrogen-bond acceptors (Lipinski definition) is 7. The second kappa shape index (κ2) is 12.5. The first-order chi connectivity index (χ1) is 19.9. The van der Waals surface area contributed by atoms with Crippen LogP contribution in [0.3, 0.4) is 0 Å². The Morgan fingerprint density at radius 2 is 1.56 bits per heavy atom. The molecule has 0 spiro atoms. The first-order valence-corrected chi connectivity index (χ1v) is 14.0. The molecule has 210 valence electrons. The van der Waals surface area contributed by atoms with Crippen LogP contribution in [0.2, 0.25) is 5.02 Å². The third kappa shape index (κ3) is 6.23. The number of carbonyl (C=O) groups excluding carboxylic acids is 4. The maximum absolute atomic E-state index is 13.8. The molecule has 0 saturated carbocycles. The van der Waals surface area contributed by atoms with Crippen molar-refractivity contribution in [1.82, 2.24) is 15.5 Å². The first kappa shape index (κ1) is 28.3. The van der Waals surface area contributed by atoms with E-state index in [4.69, 9.17) is 21.1 Å². The van der Waals surface area contributed by atoms with E-state index < -0.39 is 41.5 Å². The van der Waals surface area contributed by atoms with Gasteiger partial charge in [0.25, 0.3) is 0 Å². The molecule has 2 N–H and O–H groups in total. The lowest BCUT2D eigenvalue weighted by Crippen LogP contribution is -2.74. The molecule has 0 aromatic heterocycles. The van der Waals surface area contributed by atoms with Crippen LogP contribution in [-0.2, 0) is 30.3 Å². The molecule has 2 unspecified atom stereocenters. The number of thioether (sulfide) groups is 1. The summed E-state index contributed by atoms with van der Waals surface area (Å²) in [5.74, 6) is -1.56. The minimum Gasteiger partial charge on any atom is -0.453 e. The molecule has 3 atom stereocenters. The summed E-state index contributed by atoms with van der Waals surface area (Å²) in [5, 5.41) is 6.86. The van der Waals surface area contributed by atoms with Gasteiger partial charge in [0.05, 0.1) is 19.2 Å². The quantitative estimate of drug-likeness (QED) is 0.298. The van der Waals surface area contributed by atoms with E-state index in [-0.39, 0.29) is 18.0 Å². The fourth-order valence-electron chi connectivity index (χ4n) is 4.68. The predicted molar refractivity (Wildman–Crippen MR) is 154 cm³/mol. The van der Waals surface area contributed by atoms with Gasteiger partial charge in [0.1, 0.15) is 11.4 Å². The van der Waals surface area contributed by atoms with Gasteiger partial charge in [-0.1, -0.05) is 84.4 Å². The molecule has 3 aromatic carbocycles. The minimum atomic E-state index is -1.26. The van der Waals surface area contributed by atoms with E-state index in [1.54, 1.807) is 29.7 Å². The zero-order chi connectivity index (χ0) is 28.9. The molecule has 0 bridgehead atoms. The molecule has 3 amide bonds. The van der Waals surface area contributed by atoms with Crippen LogP contribution >= 0.6 is 23.4 Å². The predicted octanol–water partition coefficient (Wildman–Crippen LogP) is 4.18. The molecule has 1 saturated heterocycles. The molecule has 2 heterocycles. The van der Waals surface area contributed by atoms with Gasteiger partial charge in [-0.15, -0.1) is 11.8 Å². The number of esters is 1. The van der Waals surface area contributed by atoms with Crippen molar-refractivity contribution in [3.63, 3.8) is 0 Å². The molecule has 5 rings (SSSR count). The second-order valence-corrected chi connectivity index (χ2v) is 10.8. The highest BCUT2D eigenvalue weighted by Gasteiger charge is 2.56. The number of carbonyl (C=O) groups is 4. The van der Waals surface area contributed by atoms with Crippen molar-refractivity contribution in [2.45, 2.75) is 30.0 Å². The average molecular weight is 592 g/mol. The van der Waals surface area contributed by atoms with Crippen LogP contribution in [0.5, 0.6) is 0 Å². The smallest absolute Gasteiger partial charge is 0.411 e. The van der Waals surface area contributed by atoms with Crippen molar-refractivity contribution < 1.29 is 28.7 Å². The third-order valence-corrected chi connectivity index (χ3v) is 8.10. The van der Waals surface area contributed by atoms with Crippen LogP contribution in [-0.4, -0.2) is 53.3 Å². The summed E-state index contributed by atoms with van der Waals surface area (Å²) in [4.78, 5) is 53.3. The Morgan fingerprint density at radius 1 is 0.951 bits per heavy atom. The minimum absolute atomic E-state index is 0.0601. The monoisotopic (exact) mass is 591 g/mol. The SMILES string of the molecule is COC(=O)NC1=CS[C@@H]2C(NC(=O)Cc3ccc(Cl)cc3)C(=O)N2C1C(=O)OC(c1ccccc1)c1ccccc1. The van der Waals surface area contributed by atoms with Crippen molar-refractivity contribution in [2.24, 2.45) is 0 Å². The van der Waals surface area contributed by atoms with Crippen molar-refractivity contribution in [2.75, 3.05) is 7.11 Å². The number of rotatable bonds is 8. The first-order valence-electron chi connectivity index (χ1n) is 12.7. The lowest BCUT2D eigenvalue weighted by Gasteiger charge is -2.51. The second-order valence-electron chi connectivity index (χ2n) is 9.35. The van der Waals surface area contributed by atoms with Crippen molar-refractivity contribution >= 4 is 47.2 Å². The highest BCUT2D eigenvalue weighted by atomic mass is 35.5. The molecule has 0 aliphatic carbocycles. The van der Waals surface area contributed by atoms with Gasteiger partial charge in [0.15, 0.2) is 12.1 Å². The normalized spacial score (nSPS) is 19.4. The van der Waals surface area contributed by atoms with E-state index in [1.807, 2.05) is 60.7 Å². The maximum Gasteiger partial charge on any atom is 0.411 e. The summed E-state index contributed by atoms with van der Waals surface area (Å²) in [6.07, 6.45) is -1.50. The topological polar surface area (TPSA) is 114 Å². The fourth-order valence-corrected chi connectivity index (χ4v) is 5.98. The van der Waals surface area contributed by atoms with Crippen LogP contribution in [0.4, 0.5) is 4.79 Å². The summed E-state index contributed by atoms with van der Waals surface area (Å²) in [5.41, 5.74) is 2.36. The maximum atomic E-state index is 13.8. The van der Waals surface area contributed by atoms with Crippen LogP contribution in [0, 0.1) is 0 Å². The Kier molecular flexibility index (Phi) is 8.61. The van der Waals surface area contributed by atoms with Gasteiger partial charge in [-0.05, 0) is 34.2 Å². The molecule has 0 radical (unpaired) electrons. The Hall–Kier alpha value is -4.28. The van der Waals surface area contributed by atoms with E-state index in [1.165, 1.54) is 23.8 Å². The number of halogens is 1. The number of benzene rings is 3. The molecule has 1 fully saturated rings. The lowest BCUT2D eigenvalue weighted by molar-refractivity contribution is -0.165. The molecular weight excluding hydrogens is 566 g/mol. The van der Waals surface area contributed by atoms with Gasteiger partial charge in [-0.2, -0.15) is 0 Å². The Bertz CT molecular complexity index is 1430. The summed E-state index contributed by atoms with van der Waals surface area (Å²) < 4.78 is 10.8. The van der Waals surface area contributed by atoms with Crippen LogP contribution in [0.25, 0.3) is 0 Å². The molecule has 2 aliphatic rings. The Labute approximate surface area is 245 Å². The van der Waals surface area contributed by atoms with E-state index in [9.17, 15) is 19.2 Å². The van der Waals surface area contributed by atoms with Gasteiger partial charge in [-0.3, -0.25) is 14.9 Å². The molecule has 3 aromatic rings. The average Bonchev–Trinajstić information content (AvgIpc) is 3.00. The number of ether oxygens (including phenoxy) is 2. The van der Waals surface area contributed by atoms with E-state index in [0.717, 1.165) is 16.7 Å². The number of amides is 3. The molecule has 41 heavy (non-hydrogen) atoms. The van der Waals surface area contributed by atoms with Crippen LogP contribution in [0.15, 0.2) is 96.0 Å². The number of alkyl carbamates (subject to hydrolysis) is 1. The van der Waals surface area contributed by atoms with Crippen molar-refractivity contribution in [1.29, 1.82) is 0 Å². The van der Waals surface area contributed by atoms with Gasteiger partial charge >= 0.3 is 12.1 Å². The van der Waals surface area contributed by atoms with E-state index >= 15 is 0 Å². The highest BCUT2D eigenvalue weighted by Crippen LogP contribution is 2.40. The summed E-state index contributed by atoms with van der Waals surface area (Å²) in [7, 11) is 1.20. The van der Waals surface area contributed by atoms with Gasteiger partial charge in [0, 0.05) is 5.02 Å². The fraction of sp³-hybridized carbons (Fsp3) is 0.200. The number of β-lactam (4-membered cyclic amide) rings is 1. The largest absolute Gasteiger partial charge is 0.453 e. The highest BCUT2D eigenvalue weighted by molar-refractivity contribution is 8.02. The van der Waals surface area contributed by atoms with Crippen molar-refractivity contribution in [3.05, 3.63) is 118 Å². The van der Waals surface area contributed by atoms with Gasteiger partial charge < -0.3 is 19.7 Å². The van der Waals surface area contributed by atoms with E-state index in [0.29, 0.717) is 5.02 Å². The molecular formula is C30H26ClN3O6S. The zero-order valence-electron chi connectivity index (χ0n) is 21.9. The lowest BCUT2D eigenvalue weighted by atomic mass is 9.99. The Morgan fingerprint density at radius 3 is 2.15 bits per heavy atom. The molecule has 2 aliphatic heterocycles. The van der Waals surface area contributed by atoms with Crippen LogP contribution in [0.1, 0.15) is 22.8 Å². The summed E-state index contributed by atoms with van der Waals surface area (Å²) in [6.45, 7) is 0. The number of methoxy groups -OCH3 is 1. The summed E-state index contributed by atoms with van der Waals surface area (Å²) in [6, 6.07) is 23.2. The standard InChI is InChI=1S/C30H26ClN3O6S/c1-39-30(38)32-22-17-41-28-24(33-23(35)16-18-12-14-21(31)15-13-18)27(36)34(28)25(22)29(37)40-26(19-8-4-2-5-9-19)20-10-6-3-7-11-20/h2-15,17,24-26,28H,16H2,1H3,(H,32,38)(H,33,35)/t24?,25?,28-/m1/s1. The van der Waals surface area contributed by atoms with Crippen molar-refractivity contribution in [3.8, 4) is 0 Å². The number of nitrogens with one attached hydrogen (secondary N) is 2. The van der Waals surface area contributed by atoms with Gasteiger partial charge in [-0.25, -0.2) is 9.59 Å². The summed E-state index contributed by atoms with van der Waals surface area (Å²) >= 11 is 7.12. The molecule has 11 heteroatoms.